The minimum atomic E-state index is -0.541. The Bertz CT molecular complexity index is 2570. The molecule has 1 atom stereocenters. The van der Waals surface area contributed by atoms with E-state index in [4.69, 9.17) is 15.0 Å². The van der Waals surface area contributed by atoms with Crippen molar-refractivity contribution in [1.29, 1.82) is 0 Å². The average molecular weight is 683 g/mol. The molecule has 0 fully saturated rings. The second kappa shape index (κ2) is 11.0. The number of nitrogens with one attached hydrogen (secondary N) is 2. The highest BCUT2D eigenvalue weighted by Gasteiger charge is 2.46. The molecule has 3 aromatic heterocycles. The van der Waals surface area contributed by atoms with Crippen LogP contribution in [0.3, 0.4) is 0 Å². The number of hydrogen-bond donors (Lipinski definition) is 2. The van der Waals surface area contributed by atoms with Crippen LogP contribution in [0.15, 0.2) is 125 Å². The molecule has 8 bridgehead atoms. The van der Waals surface area contributed by atoms with Crippen LogP contribution in [-0.4, -0.2) is 31.1 Å². The molecule has 6 heteroatoms. The summed E-state index contributed by atoms with van der Waals surface area (Å²) in [4.78, 5) is 24.9. The van der Waals surface area contributed by atoms with E-state index in [1.807, 2.05) is 0 Å². The van der Waals surface area contributed by atoms with Crippen molar-refractivity contribution in [3.63, 3.8) is 0 Å². The maximum absolute atomic E-state index is 5.64. The van der Waals surface area contributed by atoms with E-state index in [0.29, 0.717) is 0 Å². The average Bonchev–Trinajstić information content (AvgIpc) is 3.95. The van der Waals surface area contributed by atoms with Crippen molar-refractivity contribution in [3.05, 3.63) is 155 Å². The van der Waals surface area contributed by atoms with Crippen LogP contribution in [0.1, 0.15) is 101 Å². The van der Waals surface area contributed by atoms with Gasteiger partial charge in [-0.3, -0.25) is 4.99 Å². The first-order chi connectivity index (χ1) is 24.8. The van der Waals surface area contributed by atoms with Gasteiger partial charge in [0.15, 0.2) is 0 Å². The third kappa shape index (κ3) is 4.52. The normalized spacial score (nSPS) is 19.8. The van der Waals surface area contributed by atoms with Crippen LogP contribution in [0.5, 0.6) is 0 Å². The lowest BCUT2D eigenvalue weighted by atomic mass is 9.78. The number of amidine groups is 1. The van der Waals surface area contributed by atoms with Crippen LogP contribution < -0.4 is 0 Å². The van der Waals surface area contributed by atoms with Gasteiger partial charge in [-0.25, -0.2) is 9.98 Å². The second-order valence-electron chi connectivity index (χ2n) is 16.8. The number of rotatable bonds is 2. The number of fused-ring (bicyclic) bond motifs is 13. The summed E-state index contributed by atoms with van der Waals surface area (Å²) in [5.74, 6) is 1.81. The van der Waals surface area contributed by atoms with E-state index in [0.717, 1.165) is 57.1 Å². The van der Waals surface area contributed by atoms with Crippen LogP contribution in [0.25, 0.3) is 27.2 Å². The number of benzene rings is 4. The van der Waals surface area contributed by atoms with Gasteiger partial charge >= 0.3 is 0 Å². The number of H-pyrrole nitrogens is 2. The van der Waals surface area contributed by atoms with E-state index < -0.39 is 21.7 Å². The lowest BCUT2D eigenvalue weighted by Gasteiger charge is -2.29. The largest absolute Gasteiger partial charge is 0.360 e. The zero-order valence-electron chi connectivity index (χ0n) is 31.3. The van der Waals surface area contributed by atoms with Crippen molar-refractivity contribution in [2.75, 3.05) is 0 Å². The van der Waals surface area contributed by atoms with Gasteiger partial charge in [-0.15, -0.1) is 0 Å². The van der Waals surface area contributed by atoms with Crippen molar-refractivity contribution in [2.45, 2.75) is 83.1 Å². The van der Waals surface area contributed by atoms with Crippen molar-refractivity contribution in [1.82, 2.24) is 19.5 Å². The Morgan fingerprint density at radius 1 is 0.519 bits per heavy atom. The molecule has 0 amide bonds. The molecule has 5 heterocycles. The van der Waals surface area contributed by atoms with E-state index in [9.17, 15) is 0 Å². The van der Waals surface area contributed by atoms with Gasteiger partial charge in [0.05, 0.1) is 22.2 Å². The molecular weight excluding hydrogens is 637 g/mol. The molecule has 0 saturated carbocycles. The number of nitrogens with zero attached hydrogens (tertiary/aromatic N) is 4. The van der Waals surface area contributed by atoms with Crippen LogP contribution in [0.2, 0.25) is 0 Å². The fourth-order valence-electron chi connectivity index (χ4n) is 8.75. The molecule has 2 N–H and O–H groups in total. The zero-order valence-corrected chi connectivity index (χ0v) is 31.3. The minimum absolute atomic E-state index is 0.222. The number of aliphatic imine (C=N–C) groups is 2. The van der Waals surface area contributed by atoms with Gasteiger partial charge in [-0.2, -0.15) is 0 Å². The van der Waals surface area contributed by atoms with Gasteiger partial charge in [-0.1, -0.05) is 97.1 Å². The number of aromatic nitrogens is 4. The molecule has 4 aromatic carbocycles. The fourth-order valence-corrected chi connectivity index (χ4v) is 8.75. The number of aromatic amines is 2. The lowest BCUT2D eigenvalue weighted by molar-refractivity contribution is 0.552. The van der Waals surface area contributed by atoms with Gasteiger partial charge in [0.2, 0.25) is 0 Å². The Balaban J connectivity index is 1.41. The van der Waals surface area contributed by atoms with Crippen molar-refractivity contribution >= 4 is 33.1 Å². The quantitative estimate of drug-likeness (QED) is 0.187. The molecule has 260 valence electrons. The summed E-state index contributed by atoms with van der Waals surface area (Å²) in [7, 11) is 0. The second-order valence-corrected chi connectivity index (χ2v) is 16.8. The third-order valence-corrected chi connectivity index (χ3v) is 11.9. The molecule has 2 aliphatic heterocycles. The Morgan fingerprint density at radius 3 is 1.54 bits per heavy atom. The highest BCUT2D eigenvalue weighted by Crippen LogP contribution is 2.47. The zero-order chi connectivity index (χ0) is 36.2. The molecule has 0 aliphatic carbocycles. The molecule has 0 radical (unpaired) electrons. The number of para-hydroxylation sites is 1. The smallest absolute Gasteiger partial charge is 0.135 e. The van der Waals surface area contributed by atoms with Crippen LogP contribution in [-0.2, 0) is 21.7 Å². The molecule has 7 aromatic rings. The molecule has 9 rings (SSSR count). The van der Waals surface area contributed by atoms with E-state index in [1.165, 1.54) is 21.5 Å². The molecule has 2 aliphatic rings. The minimum Gasteiger partial charge on any atom is -0.360 e. The van der Waals surface area contributed by atoms with Gasteiger partial charge < -0.3 is 14.5 Å². The van der Waals surface area contributed by atoms with E-state index in [2.05, 4.69) is 185 Å². The van der Waals surface area contributed by atoms with Crippen LogP contribution in [0, 0.1) is 0 Å². The summed E-state index contributed by atoms with van der Waals surface area (Å²) in [5.41, 5.74) is 6.77. The topological polar surface area (TPSA) is 74.1 Å². The molecule has 52 heavy (non-hydrogen) atoms. The predicted molar refractivity (Wildman–Crippen MR) is 215 cm³/mol. The summed E-state index contributed by atoms with van der Waals surface area (Å²) < 4.78 is 2.30. The van der Waals surface area contributed by atoms with Crippen molar-refractivity contribution < 1.29 is 0 Å². The summed E-state index contributed by atoms with van der Waals surface area (Å²) in [6, 6.07) is 38.6. The number of hydrogen-bond acceptors (Lipinski definition) is 3. The van der Waals surface area contributed by atoms with Gasteiger partial charge in [0.1, 0.15) is 17.7 Å². The first-order valence-corrected chi connectivity index (χ1v) is 18.4. The standard InChI is InChI=1S/C46H46N6/c1-43(2)34-27-52(29-21-13-10-14-22-29)42(47-34)46(7,8)39-33-26-18-17-25-32(33)38(50-39)45(5,6)41-48-35(28-19-11-9-12-20-28)40(51-41)44(3,4)37-31-24-16-15-23-30(31)36(43)49-37/h9-27,35,49-50H,1-8H3. The van der Waals surface area contributed by atoms with Gasteiger partial charge in [0.25, 0.3) is 0 Å². The van der Waals surface area contributed by atoms with E-state index in [-0.39, 0.29) is 6.04 Å². The van der Waals surface area contributed by atoms with Crippen molar-refractivity contribution in [2.24, 2.45) is 9.98 Å². The SMILES string of the molecule is CC1(C)C2=NC(=NC2c2ccccc2)C(C)(C)c2[nH]c(c3ccccc23)C(C)(C)c2nc(cn2-c2ccccc2)C(C)(C)c2[nH]c1c1ccccc21. The highest BCUT2D eigenvalue weighted by atomic mass is 15.1. The van der Waals surface area contributed by atoms with Gasteiger partial charge in [-0.05, 0) is 73.1 Å². The highest BCUT2D eigenvalue weighted by molar-refractivity contribution is 6.15. The Morgan fingerprint density at radius 2 is 0.981 bits per heavy atom. The van der Waals surface area contributed by atoms with E-state index in [1.54, 1.807) is 0 Å². The van der Waals surface area contributed by atoms with Crippen LogP contribution in [0.4, 0.5) is 0 Å². The molecule has 6 nitrogen and oxygen atoms in total. The first-order valence-electron chi connectivity index (χ1n) is 18.4. The van der Waals surface area contributed by atoms with Crippen LogP contribution >= 0.6 is 0 Å². The Labute approximate surface area is 305 Å². The summed E-state index contributed by atoms with van der Waals surface area (Å²) in [5, 5.41) is 4.76. The number of imidazole rings is 1. The van der Waals surface area contributed by atoms with Gasteiger partial charge in [0, 0.05) is 67.0 Å². The Hall–Kier alpha value is -5.49. The first kappa shape index (κ1) is 32.4. The monoisotopic (exact) mass is 682 g/mol. The maximum Gasteiger partial charge on any atom is 0.135 e. The van der Waals surface area contributed by atoms with E-state index >= 15 is 0 Å². The summed E-state index contributed by atoms with van der Waals surface area (Å²) in [6.45, 7) is 18.3. The predicted octanol–water partition coefficient (Wildman–Crippen LogP) is 10.6. The van der Waals surface area contributed by atoms with Crippen molar-refractivity contribution in [3.8, 4) is 5.69 Å². The fraction of sp³-hybridized carbons (Fsp3) is 0.283. The molecule has 1 unspecified atom stereocenters. The summed E-state index contributed by atoms with van der Waals surface area (Å²) >= 11 is 0. The third-order valence-electron chi connectivity index (χ3n) is 11.9. The molecule has 0 spiro atoms. The summed E-state index contributed by atoms with van der Waals surface area (Å²) in [6.07, 6.45) is 2.26. The molecular formula is C46H46N6. The Kier molecular flexibility index (Phi) is 6.86. The molecule has 0 saturated heterocycles. The lowest BCUT2D eigenvalue weighted by Crippen LogP contribution is -2.34. The maximum atomic E-state index is 5.64.